The molecule has 2 aliphatic rings. The minimum atomic E-state index is -0.755. The quantitative estimate of drug-likeness (QED) is 0.763. The van der Waals surface area contributed by atoms with Gasteiger partial charge in [-0.15, -0.1) is 0 Å². The molecule has 1 atom stereocenters. The van der Waals surface area contributed by atoms with Crippen LogP contribution in [0.4, 0.5) is 14.9 Å². The van der Waals surface area contributed by atoms with Crippen LogP contribution in [-0.4, -0.2) is 67.0 Å². The Bertz CT molecular complexity index is 734. The minimum Gasteiger partial charge on any atom is -0.375 e. The van der Waals surface area contributed by atoms with E-state index in [2.05, 4.69) is 0 Å². The molecule has 0 aliphatic carbocycles. The highest BCUT2D eigenvalue weighted by Gasteiger charge is 2.50. The molecule has 7 nitrogen and oxygen atoms in total. The van der Waals surface area contributed by atoms with Crippen molar-refractivity contribution in [1.82, 2.24) is 9.80 Å². The lowest BCUT2D eigenvalue weighted by Gasteiger charge is -2.30. The van der Waals surface area contributed by atoms with E-state index in [4.69, 9.17) is 4.74 Å². The van der Waals surface area contributed by atoms with Gasteiger partial charge in [-0.1, -0.05) is 13.8 Å². The Morgan fingerprint density at radius 1 is 1.23 bits per heavy atom. The van der Waals surface area contributed by atoms with Crippen LogP contribution in [0.5, 0.6) is 0 Å². The van der Waals surface area contributed by atoms with E-state index < -0.39 is 23.8 Å². The third-order valence-electron chi connectivity index (χ3n) is 4.63. The van der Waals surface area contributed by atoms with Gasteiger partial charge >= 0.3 is 6.03 Å². The van der Waals surface area contributed by atoms with Crippen molar-refractivity contribution in [1.29, 1.82) is 0 Å². The first kappa shape index (κ1) is 18.3. The molecule has 2 heterocycles. The maximum Gasteiger partial charge on any atom is 0.332 e. The van der Waals surface area contributed by atoms with Gasteiger partial charge in [0, 0.05) is 25.6 Å². The summed E-state index contributed by atoms with van der Waals surface area (Å²) in [5.74, 6) is -1.07. The maximum atomic E-state index is 13.2. The van der Waals surface area contributed by atoms with Crippen molar-refractivity contribution < 1.29 is 23.5 Å². The summed E-state index contributed by atoms with van der Waals surface area (Å²) < 4.78 is 18.1. The lowest BCUT2D eigenvalue weighted by atomic mass is 9.92. The van der Waals surface area contributed by atoms with Gasteiger partial charge in [-0.25, -0.2) is 14.1 Å². The van der Waals surface area contributed by atoms with Gasteiger partial charge in [0.25, 0.3) is 5.91 Å². The molecule has 0 saturated carbocycles. The highest BCUT2D eigenvalue weighted by atomic mass is 19.1. The normalized spacial score (nSPS) is 22.5. The Balaban J connectivity index is 1.92. The summed E-state index contributed by atoms with van der Waals surface area (Å²) in [5.41, 5.74) is -0.0607. The lowest BCUT2D eigenvalue weighted by Crippen LogP contribution is -2.45. The third-order valence-corrected chi connectivity index (χ3v) is 4.63. The van der Waals surface area contributed by atoms with Gasteiger partial charge in [-0.05, 0) is 24.3 Å². The average Bonchev–Trinajstić information content (AvgIpc) is 2.71. The molecule has 1 aromatic rings. The van der Waals surface area contributed by atoms with Crippen LogP contribution in [0.2, 0.25) is 0 Å². The Morgan fingerprint density at radius 3 is 2.50 bits per heavy atom. The topological polar surface area (TPSA) is 70.2 Å². The van der Waals surface area contributed by atoms with Gasteiger partial charge in [0.15, 0.2) is 0 Å². The van der Waals surface area contributed by atoms with E-state index in [1.54, 1.807) is 4.90 Å². The fraction of sp³-hybridized carbons (Fsp3) is 0.500. The molecule has 3 rings (SSSR count). The fourth-order valence-electron chi connectivity index (χ4n) is 3.53. The molecule has 140 valence electrons. The van der Waals surface area contributed by atoms with Crippen LogP contribution < -0.4 is 4.90 Å². The molecule has 26 heavy (non-hydrogen) atoms. The lowest BCUT2D eigenvalue weighted by molar-refractivity contribution is -0.136. The third kappa shape index (κ3) is 3.29. The fourth-order valence-corrected chi connectivity index (χ4v) is 3.53. The first-order valence-electron chi connectivity index (χ1n) is 8.40. The molecule has 1 unspecified atom stereocenters. The molecule has 0 N–H and O–H groups in total. The van der Waals surface area contributed by atoms with Crippen molar-refractivity contribution in [3.05, 3.63) is 30.1 Å². The highest BCUT2D eigenvalue weighted by Crippen LogP contribution is 2.32. The number of carbonyl (C=O) groups excluding carboxylic acids is 3. The number of nitrogens with zero attached hydrogens (tertiary/aromatic N) is 3. The number of benzene rings is 1. The van der Waals surface area contributed by atoms with Gasteiger partial charge in [-0.2, -0.15) is 0 Å². The predicted molar refractivity (Wildman–Crippen MR) is 92.0 cm³/mol. The van der Waals surface area contributed by atoms with E-state index in [9.17, 15) is 18.8 Å². The van der Waals surface area contributed by atoms with Crippen LogP contribution in [0.3, 0.4) is 0 Å². The number of halogens is 1. The molecule has 1 aromatic carbocycles. The van der Waals surface area contributed by atoms with Crippen molar-refractivity contribution in [3.8, 4) is 0 Å². The van der Waals surface area contributed by atoms with Gasteiger partial charge in [-0.3, -0.25) is 9.59 Å². The zero-order valence-corrected chi connectivity index (χ0v) is 15.1. The SMILES string of the molecule is COCC(=O)N1CC2C(=O)N(c3ccc(F)cc3)C(=O)N2CC(C)(C)C1. The number of imide groups is 1. The van der Waals surface area contributed by atoms with Gasteiger partial charge in [0.1, 0.15) is 18.5 Å². The van der Waals surface area contributed by atoms with Crippen LogP contribution in [0.1, 0.15) is 13.8 Å². The summed E-state index contributed by atoms with van der Waals surface area (Å²) in [7, 11) is 1.44. The number of urea groups is 1. The van der Waals surface area contributed by atoms with Crippen LogP contribution >= 0.6 is 0 Å². The molecule has 0 bridgehead atoms. The first-order valence-corrected chi connectivity index (χ1v) is 8.40. The zero-order valence-electron chi connectivity index (χ0n) is 15.1. The smallest absolute Gasteiger partial charge is 0.332 e. The Morgan fingerprint density at radius 2 is 1.88 bits per heavy atom. The van der Waals surface area contributed by atoms with Crippen molar-refractivity contribution in [3.63, 3.8) is 0 Å². The molecular formula is C18H22FN3O4. The first-order chi connectivity index (χ1) is 12.2. The number of hydrogen-bond acceptors (Lipinski definition) is 4. The second kappa shape index (κ2) is 6.68. The van der Waals surface area contributed by atoms with Crippen molar-refractivity contribution in [2.45, 2.75) is 19.9 Å². The van der Waals surface area contributed by atoms with Crippen molar-refractivity contribution >= 4 is 23.5 Å². The van der Waals surface area contributed by atoms with Gasteiger partial charge in [0.2, 0.25) is 5.91 Å². The minimum absolute atomic E-state index is 0.0768. The summed E-state index contributed by atoms with van der Waals surface area (Å²) in [5, 5.41) is 0. The maximum absolute atomic E-state index is 13.2. The number of methoxy groups -OCH3 is 1. The molecule has 0 spiro atoms. The Kier molecular flexibility index (Phi) is 4.70. The Labute approximate surface area is 151 Å². The molecule has 0 radical (unpaired) electrons. The largest absolute Gasteiger partial charge is 0.375 e. The summed E-state index contributed by atoms with van der Waals surface area (Å²) in [6, 6.07) is 4.01. The van der Waals surface area contributed by atoms with E-state index in [0.29, 0.717) is 18.8 Å². The summed E-state index contributed by atoms with van der Waals surface area (Å²) >= 11 is 0. The summed E-state index contributed by atoms with van der Waals surface area (Å²) in [6.45, 7) is 4.71. The molecule has 8 heteroatoms. The predicted octanol–water partition coefficient (Wildman–Crippen LogP) is 1.48. The van der Waals surface area contributed by atoms with E-state index in [0.717, 1.165) is 4.90 Å². The number of anilines is 1. The number of amides is 4. The van der Waals surface area contributed by atoms with Crippen molar-refractivity contribution in [2.24, 2.45) is 5.41 Å². The van der Waals surface area contributed by atoms with E-state index >= 15 is 0 Å². The standard InChI is InChI=1S/C18H22FN3O4/c1-18(2)10-20(15(23)9-26-3)8-14-16(24)22(17(25)21(14)11-18)13-6-4-12(19)5-7-13/h4-7,14H,8-11H2,1-3H3. The molecule has 0 aromatic heterocycles. The number of hydrogen-bond donors (Lipinski definition) is 0. The molecular weight excluding hydrogens is 341 g/mol. The van der Waals surface area contributed by atoms with E-state index in [1.165, 1.54) is 36.3 Å². The number of rotatable bonds is 3. The molecule has 4 amide bonds. The molecule has 2 aliphatic heterocycles. The second-order valence-corrected chi connectivity index (χ2v) is 7.45. The van der Waals surface area contributed by atoms with E-state index in [1.807, 2.05) is 13.8 Å². The Hall–Kier alpha value is -2.48. The molecule has 2 fully saturated rings. The van der Waals surface area contributed by atoms with Crippen LogP contribution in [0.25, 0.3) is 0 Å². The van der Waals surface area contributed by atoms with Gasteiger partial charge < -0.3 is 14.5 Å². The summed E-state index contributed by atoms with van der Waals surface area (Å²) in [6.07, 6.45) is 0. The summed E-state index contributed by atoms with van der Waals surface area (Å²) in [4.78, 5) is 42.3. The van der Waals surface area contributed by atoms with Crippen LogP contribution in [-0.2, 0) is 14.3 Å². The zero-order chi connectivity index (χ0) is 19.1. The molecule has 2 saturated heterocycles. The van der Waals surface area contributed by atoms with E-state index in [-0.39, 0.29) is 24.5 Å². The van der Waals surface area contributed by atoms with Crippen LogP contribution in [0.15, 0.2) is 24.3 Å². The highest BCUT2D eigenvalue weighted by molar-refractivity contribution is 6.21. The number of carbonyl (C=O) groups is 3. The van der Waals surface area contributed by atoms with Gasteiger partial charge in [0.05, 0.1) is 12.2 Å². The second-order valence-electron chi connectivity index (χ2n) is 7.45. The number of fused-ring (bicyclic) bond motifs is 1. The average molecular weight is 363 g/mol. The number of ether oxygens (including phenoxy) is 1. The van der Waals surface area contributed by atoms with Crippen LogP contribution in [0, 0.1) is 11.2 Å². The monoisotopic (exact) mass is 363 g/mol. The van der Waals surface area contributed by atoms with Crippen molar-refractivity contribution in [2.75, 3.05) is 38.3 Å².